The SMILES string of the molecule is CSNc1ccn(C(=O)N2CCN(Cc3ccc(C(F)(F)F)cc3S(=O)(=O)C3CC3)CC2)n1. The molecule has 8 nitrogen and oxygen atoms in total. The number of nitrogens with one attached hydrogen (secondary N) is 1. The van der Waals surface area contributed by atoms with Gasteiger partial charge in [-0.1, -0.05) is 18.0 Å². The van der Waals surface area contributed by atoms with Crippen LogP contribution in [0.2, 0.25) is 0 Å². The van der Waals surface area contributed by atoms with Crippen molar-refractivity contribution >= 4 is 33.6 Å². The Balaban J connectivity index is 1.45. The van der Waals surface area contributed by atoms with Crippen LogP contribution in [0.4, 0.5) is 23.8 Å². The van der Waals surface area contributed by atoms with Gasteiger partial charge in [0.2, 0.25) is 0 Å². The first-order valence-corrected chi connectivity index (χ1v) is 13.2. The second kappa shape index (κ2) is 9.18. The number of nitrogens with zero attached hydrogens (tertiary/aromatic N) is 4. The van der Waals surface area contributed by atoms with E-state index in [9.17, 15) is 26.4 Å². The highest BCUT2D eigenvalue weighted by Gasteiger charge is 2.40. The second-order valence-electron chi connectivity index (χ2n) is 8.06. The van der Waals surface area contributed by atoms with Crippen LogP contribution >= 0.6 is 11.9 Å². The molecule has 1 N–H and O–H groups in total. The molecule has 1 saturated carbocycles. The Morgan fingerprint density at radius 3 is 2.48 bits per heavy atom. The summed E-state index contributed by atoms with van der Waals surface area (Å²) < 4.78 is 69.5. The highest BCUT2D eigenvalue weighted by molar-refractivity contribution is 7.99. The summed E-state index contributed by atoms with van der Waals surface area (Å²) in [6.45, 7) is 1.93. The number of aromatic nitrogens is 2. The molecule has 2 aromatic rings. The third-order valence-corrected chi connectivity index (χ3v) is 8.45. The Hall–Kier alpha value is -2.25. The minimum absolute atomic E-state index is 0.199. The zero-order chi connectivity index (χ0) is 23.8. The van der Waals surface area contributed by atoms with E-state index in [-0.39, 0.29) is 17.5 Å². The molecule has 0 bridgehead atoms. The number of hydrogen-bond acceptors (Lipinski definition) is 7. The molecule has 4 rings (SSSR count). The van der Waals surface area contributed by atoms with Gasteiger partial charge in [0.1, 0.15) is 0 Å². The molecule has 1 amide bonds. The zero-order valence-electron chi connectivity index (χ0n) is 17.9. The van der Waals surface area contributed by atoms with E-state index in [1.165, 1.54) is 22.7 Å². The number of alkyl halides is 3. The predicted octanol–water partition coefficient (Wildman–Crippen LogP) is 3.31. The number of piperazine rings is 1. The van der Waals surface area contributed by atoms with Crippen LogP contribution in [0.5, 0.6) is 0 Å². The van der Waals surface area contributed by atoms with Crippen LogP contribution in [0, 0.1) is 0 Å². The molecule has 0 radical (unpaired) electrons. The van der Waals surface area contributed by atoms with Crippen molar-refractivity contribution in [2.75, 3.05) is 37.2 Å². The summed E-state index contributed by atoms with van der Waals surface area (Å²) in [5.41, 5.74) is -0.606. The topological polar surface area (TPSA) is 87.5 Å². The van der Waals surface area contributed by atoms with E-state index in [0.717, 1.165) is 12.1 Å². The van der Waals surface area contributed by atoms with Crippen molar-refractivity contribution in [3.8, 4) is 0 Å². The van der Waals surface area contributed by atoms with Gasteiger partial charge in [-0.3, -0.25) is 4.90 Å². The number of amides is 1. The molecule has 1 aliphatic carbocycles. The molecule has 1 aliphatic heterocycles. The molecule has 13 heteroatoms. The number of rotatable bonds is 6. The van der Waals surface area contributed by atoms with Crippen LogP contribution in [0.25, 0.3) is 0 Å². The molecule has 180 valence electrons. The summed E-state index contributed by atoms with van der Waals surface area (Å²) in [7, 11) is -3.80. The molecule has 0 spiro atoms. The van der Waals surface area contributed by atoms with Crippen LogP contribution in [0.15, 0.2) is 35.4 Å². The van der Waals surface area contributed by atoms with E-state index >= 15 is 0 Å². The molecule has 2 fully saturated rings. The van der Waals surface area contributed by atoms with E-state index in [0.29, 0.717) is 50.4 Å². The third kappa shape index (κ3) is 5.30. The summed E-state index contributed by atoms with van der Waals surface area (Å²) in [4.78, 5) is 16.0. The van der Waals surface area contributed by atoms with Gasteiger partial charge in [0.05, 0.1) is 15.7 Å². The highest BCUT2D eigenvalue weighted by Crippen LogP contribution is 2.38. The average molecular weight is 504 g/mol. The van der Waals surface area contributed by atoms with Gasteiger partial charge < -0.3 is 9.62 Å². The van der Waals surface area contributed by atoms with Crippen LogP contribution in [-0.4, -0.2) is 71.7 Å². The molecular formula is C20H24F3N5O3S2. The number of anilines is 1. The van der Waals surface area contributed by atoms with E-state index < -0.39 is 26.8 Å². The molecule has 1 aromatic carbocycles. The summed E-state index contributed by atoms with van der Waals surface area (Å²) in [5.74, 6) is 0.571. The standard InChI is InChI=1S/C20H24F3N5O3S2/c1-32-25-18-6-7-28(24-18)19(29)27-10-8-26(9-11-27)13-14-2-3-15(20(21,22)23)12-17(14)33(30,31)16-4-5-16/h2-3,6-7,12,16H,4-5,8-11,13H2,1H3,(H,24,25). The van der Waals surface area contributed by atoms with Gasteiger partial charge in [-0.15, -0.1) is 5.10 Å². The zero-order valence-corrected chi connectivity index (χ0v) is 19.5. The van der Waals surface area contributed by atoms with Gasteiger partial charge >= 0.3 is 12.2 Å². The molecular weight excluding hydrogens is 479 g/mol. The maximum atomic E-state index is 13.2. The normalized spacial score (nSPS) is 17.9. The fraction of sp³-hybridized carbons (Fsp3) is 0.500. The molecule has 2 aliphatic rings. The van der Waals surface area contributed by atoms with Crippen LogP contribution in [0.1, 0.15) is 24.0 Å². The van der Waals surface area contributed by atoms with Crippen molar-refractivity contribution < 1.29 is 26.4 Å². The Bertz CT molecular complexity index is 1120. The number of halogens is 3. The van der Waals surface area contributed by atoms with Crippen molar-refractivity contribution in [3.63, 3.8) is 0 Å². The van der Waals surface area contributed by atoms with Gasteiger partial charge in [-0.05, 0) is 30.5 Å². The lowest BCUT2D eigenvalue weighted by molar-refractivity contribution is -0.137. The lowest BCUT2D eigenvalue weighted by Gasteiger charge is -2.34. The van der Waals surface area contributed by atoms with Crippen molar-refractivity contribution in [1.29, 1.82) is 0 Å². The Morgan fingerprint density at radius 1 is 1.18 bits per heavy atom. The summed E-state index contributed by atoms with van der Waals surface area (Å²) in [6, 6.07) is 4.38. The third-order valence-electron chi connectivity index (χ3n) is 5.69. The minimum Gasteiger partial charge on any atom is -0.320 e. The summed E-state index contributed by atoms with van der Waals surface area (Å²) in [6.07, 6.45) is -0.251. The number of hydrogen-bond donors (Lipinski definition) is 1. The summed E-state index contributed by atoms with van der Waals surface area (Å²) >= 11 is 1.36. The van der Waals surface area contributed by atoms with Crippen molar-refractivity contribution in [2.45, 2.75) is 35.7 Å². The van der Waals surface area contributed by atoms with Crippen molar-refractivity contribution in [3.05, 3.63) is 41.6 Å². The van der Waals surface area contributed by atoms with Gasteiger partial charge in [-0.2, -0.15) is 17.9 Å². The quantitative estimate of drug-likeness (QED) is 0.605. The first-order chi connectivity index (χ1) is 15.6. The van der Waals surface area contributed by atoms with Gasteiger partial charge in [0, 0.05) is 51.2 Å². The van der Waals surface area contributed by atoms with Gasteiger partial charge in [-0.25, -0.2) is 13.2 Å². The van der Waals surface area contributed by atoms with Crippen LogP contribution in [-0.2, 0) is 22.6 Å². The highest BCUT2D eigenvalue weighted by atomic mass is 32.2. The molecule has 0 unspecified atom stereocenters. The van der Waals surface area contributed by atoms with Crippen LogP contribution < -0.4 is 4.72 Å². The largest absolute Gasteiger partial charge is 0.416 e. The minimum atomic E-state index is -4.62. The van der Waals surface area contributed by atoms with E-state index in [1.54, 1.807) is 17.2 Å². The number of carbonyl (C=O) groups is 1. The monoisotopic (exact) mass is 503 g/mol. The van der Waals surface area contributed by atoms with Crippen molar-refractivity contribution in [2.24, 2.45) is 0 Å². The van der Waals surface area contributed by atoms with Gasteiger partial charge in [0.15, 0.2) is 15.7 Å². The van der Waals surface area contributed by atoms with Crippen molar-refractivity contribution in [1.82, 2.24) is 19.6 Å². The predicted molar refractivity (Wildman–Crippen MR) is 119 cm³/mol. The molecule has 33 heavy (non-hydrogen) atoms. The first kappa shape index (κ1) is 23.9. The Labute approximate surface area is 194 Å². The first-order valence-electron chi connectivity index (χ1n) is 10.4. The Kier molecular flexibility index (Phi) is 6.65. The maximum Gasteiger partial charge on any atom is 0.416 e. The molecule has 0 atom stereocenters. The smallest absolute Gasteiger partial charge is 0.320 e. The number of sulfone groups is 1. The fourth-order valence-electron chi connectivity index (χ4n) is 3.76. The molecule has 2 heterocycles. The Morgan fingerprint density at radius 2 is 1.88 bits per heavy atom. The lowest BCUT2D eigenvalue weighted by atomic mass is 10.1. The van der Waals surface area contributed by atoms with E-state index in [4.69, 9.17) is 0 Å². The van der Waals surface area contributed by atoms with Crippen LogP contribution in [0.3, 0.4) is 0 Å². The van der Waals surface area contributed by atoms with E-state index in [1.807, 2.05) is 11.2 Å². The number of benzene rings is 1. The summed E-state index contributed by atoms with van der Waals surface area (Å²) in [5, 5.41) is 3.57. The molecule has 1 aromatic heterocycles. The van der Waals surface area contributed by atoms with E-state index in [2.05, 4.69) is 9.82 Å². The second-order valence-corrected chi connectivity index (χ2v) is 10.9. The fourth-order valence-corrected chi connectivity index (χ4v) is 5.98. The molecule has 1 saturated heterocycles. The number of carbonyl (C=O) groups excluding carboxylic acids is 1. The average Bonchev–Trinajstić information content (AvgIpc) is 3.54. The lowest BCUT2D eigenvalue weighted by Crippen LogP contribution is -2.49. The van der Waals surface area contributed by atoms with Gasteiger partial charge in [0.25, 0.3) is 0 Å². The maximum absolute atomic E-state index is 13.2.